The fraction of sp³-hybridized carbons (Fsp3) is 0.720. The molecule has 0 bridgehead atoms. The van der Waals surface area contributed by atoms with Crippen molar-refractivity contribution in [2.45, 2.75) is 325 Å². The first-order chi connectivity index (χ1) is 43.6. The van der Waals surface area contributed by atoms with Crippen LogP contribution in [0.5, 0.6) is 0 Å². The predicted molar refractivity (Wildman–Crippen MR) is 364 cm³/mol. The molecular weight excluding hydrogens is 1120 g/mol. The van der Waals surface area contributed by atoms with E-state index in [1.165, 1.54) is 128 Å². The van der Waals surface area contributed by atoms with Crippen LogP contribution >= 0.6 is 0 Å². The van der Waals surface area contributed by atoms with Crippen LogP contribution in [0.1, 0.15) is 251 Å². The predicted octanol–water partition coefficient (Wildman–Crippen LogP) is 14.5. The average Bonchev–Trinajstić information content (AvgIpc) is 2.55. The van der Waals surface area contributed by atoms with Gasteiger partial charge in [-0.1, -0.05) is 270 Å². The molecule has 14 heteroatoms. The van der Waals surface area contributed by atoms with Crippen LogP contribution in [0.25, 0.3) is 0 Å². The number of ether oxygens (including phenoxy) is 4. The molecule has 0 spiro atoms. The van der Waals surface area contributed by atoms with E-state index in [4.69, 9.17) is 18.9 Å². The van der Waals surface area contributed by atoms with Crippen molar-refractivity contribution in [3.05, 3.63) is 122 Å². The summed E-state index contributed by atoms with van der Waals surface area (Å²) in [4.78, 5) is 13.3. The first kappa shape index (κ1) is 81.5. The zero-order valence-corrected chi connectivity index (χ0v) is 55.4. The number of unbranched alkanes of at least 4 members (excludes halogenated alkanes) is 25. The standard InChI is InChI=1S/C75H127NO13/c1-3-5-7-9-11-13-15-17-19-21-22-23-24-25-26-27-28-29-30-31-32-33-34-35-36-37-38-39-40-41-42-43-45-47-49-51-53-55-57-59-67(80)76-63(64(79)58-56-54-52-50-48-46-44-20-18-16-14-12-10-8-6-4-2)62-86-74-72(85)70(83)73(66(61-78)88-74)89-75-71(84)69(82)68(81)65(60-77)87-75/h5,7,11,13,17,19,22-23,25-26,28-29,31-32,34-35,48,50,56,58,63-66,68-75,77-79,81-85H,3-4,6,8-10,12,14-16,18,20-21,24,27,30,33,36-47,49,51-55,57,59-62H2,1-2H3,(H,76,80)/b7-5-,13-11-,19-17-,23-22-,26-25-,29-28-,32-31-,35-34-,50-48+,58-56+. The molecule has 510 valence electrons. The van der Waals surface area contributed by atoms with Crippen molar-refractivity contribution >= 4 is 5.91 Å². The summed E-state index contributed by atoms with van der Waals surface area (Å²) in [6, 6.07) is -0.939. The zero-order valence-electron chi connectivity index (χ0n) is 55.4. The van der Waals surface area contributed by atoms with Crippen molar-refractivity contribution in [2.24, 2.45) is 0 Å². The topological polar surface area (TPSA) is 228 Å². The van der Waals surface area contributed by atoms with Crippen LogP contribution in [0.2, 0.25) is 0 Å². The Morgan fingerprint density at radius 1 is 0.416 bits per heavy atom. The largest absolute Gasteiger partial charge is 0.394 e. The first-order valence-electron chi connectivity index (χ1n) is 35.3. The molecule has 2 heterocycles. The van der Waals surface area contributed by atoms with Gasteiger partial charge in [-0.25, -0.2) is 0 Å². The molecule has 0 aromatic heterocycles. The van der Waals surface area contributed by atoms with Crippen molar-refractivity contribution < 1.29 is 64.6 Å². The van der Waals surface area contributed by atoms with Gasteiger partial charge in [0, 0.05) is 6.42 Å². The van der Waals surface area contributed by atoms with Crippen LogP contribution in [0.4, 0.5) is 0 Å². The minimum atomic E-state index is -1.80. The van der Waals surface area contributed by atoms with Crippen LogP contribution in [0.15, 0.2) is 122 Å². The number of carbonyl (C=O) groups is 1. The summed E-state index contributed by atoms with van der Waals surface area (Å²) in [6.07, 6.45) is 68.3. The molecule has 1 amide bonds. The molecule has 9 N–H and O–H groups in total. The first-order valence-corrected chi connectivity index (χ1v) is 35.3. The van der Waals surface area contributed by atoms with E-state index < -0.39 is 86.8 Å². The number of aliphatic hydroxyl groups is 8. The molecule has 0 aliphatic carbocycles. The Morgan fingerprint density at radius 3 is 1.24 bits per heavy atom. The van der Waals surface area contributed by atoms with Gasteiger partial charge in [-0.15, -0.1) is 0 Å². The molecule has 2 fully saturated rings. The summed E-state index contributed by atoms with van der Waals surface area (Å²) >= 11 is 0. The van der Waals surface area contributed by atoms with Gasteiger partial charge >= 0.3 is 0 Å². The van der Waals surface area contributed by atoms with Gasteiger partial charge in [-0.2, -0.15) is 0 Å². The number of allylic oxidation sites excluding steroid dienone is 19. The van der Waals surface area contributed by atoms with Gasteiger partial charge in [0.25, 0.3) is 0 Å². The number of amides is 1. The highest BCUT2D eigenvalue weighted by molar-refractivity contribution is 5.76. The number of aliphatic hydroxyl groups excluding tert-OH is 8. The van der Waals surface area contributed by atoms with Crippen LogP contribution < -0.4 is 5.32 Å². The summed E-state index contributed by atoms with van der Waals surface area (Å²) in [5.74, 6) is -0.253. The quantitative estimate of drug-likeness (QED) is 0.0204. The Kier molecular flexibility index (Phi) is 53.3. The van der Waals surface area contributed by atoms with Gasteiger partial charge in [-0.3, -0.25) is 4.79 Å². The molecular formula is C75H127NO13. The maximum absolute atomic E-state index is 13.3. The van der Waals surface area contributed by atoms with Gasteiger partial charge < -0.3 is 65.1 Å². The second kappa shape index (κ2) is 58.2. The molecule has 0 radical (unpaired) electrons. The smallest absolute Gasteiger partial charge is 0.220 e. The number of rotatable bonds is 56. The van der Waals surface area contributed by atoms with Crippen molar-refractivity contribution in [2.75, 3.05) is 19.8 Å². The fourth-order valence-electron chi connectivity index (χ4n) is 10.8. The second-order valence-electron chi connectivity index (χ2n) is 24.3. The molecule has 2 aliphatic rings. The highest BCUT2D eigenvalue weighted by atomic mass is 16.7. The summed E-state index contributed by atoms with van der Waals surface area (Å²) in [5.41, 5.74) is 0. The molecule has 2 rings (SSSR count). The van der Waals surface area contributed by atoms with Gasteiger partial charge in [0.15, 0.2) is 12.6 Å². The average molecular weight is 1250 g/mol. The van der Waals surface area contributed by atoms with E-state index in [-0.39, 0.29) is 18.9 Å². The highest BCUT2D eigenvalue weighted by Crippen LogP contribution is 2.30. The molecule has 0 saturated carbocycles. The van der Waals surface area contributed by atoms with E-state index in [0.29, 0.717) is 12.8 Å². The molecule has 0 aromatic carbocycles. The second-order valence-corrected chi connectivity index (χ2v) is 24.3. The Labute approximate surface area is 539 Å². The molecule has 2 aliphatic heterocycles. The number of hydrogen-bond acceptors (Lipinski definition) is 13. The third kappa shape index (κ3) is 42.3. The Bertz CT molecular complexity index is 1960. The lowest BCUT2D eigenvalue weighted by Crippen LogP contribution is -2.65. The Balaban J connectivity index is 1.62. The van der Waals surface area contributed by atoms with Crippen molar-refractivity contribution in [1.82, 2.24) is 5.32 Å². The van der Waals surface area contributed by atoms with Crippen LogP contribution in [0, 0.1) is 0 Å². The molecule has 12 atom stereocenters. The molecule has 89 heavy (non-hydrogen) atoms. The lowest BCUT2D eigenvalue weighted by molar-refractivity contribution is -0.359. The lowest BCUT2D eigenvalue weighted by atomic mass is 9.97. The monoisotopic (exact) mass is 1250 g/mol. The third-order valence-corrected chi connectivity index (χ3v) is 16.4. The minimum absolute atomic E-state index is 0.253. The summed E-state index contributed by atoms with van der Waals surface area (Å²) in [5, 5.41) is 87.3. The summed E-state index contributed by atoms with van der Waals surface area (Å²) < 4.78 is 22.8. The maximum Gasteiger partial charge on any atom is 0.220 e. The van der Waals surface area contributed by atoms with Crippen molar-refractivity contribution in [3.63, 3.8) is 0 Å². The summed E-state index contributed by atoms with van der Waals surface area (Å²) in [7, 11) is 0. The fourth-order valence-corrected chi connectivity index (χ4v) is 10.8. The number of nitrogens with one attached hydrogen (secondary N) is 1. The van der Waals surface area contributed by atoms with E-state index >= 15 is 0 Å². The third-order valence-electron chi connectivity index (χ3n) is 16.4. The SMILES string of the molecule is CC/C=C\C/C=C\C/C=C\C/C=C\C/C=C\C/C=C\C/C=C\C/C=C\CCCCCCCCCCCCCCCCC(=O)NC(COC1OC(CO)C(OC2OC(CO)C(O)C(O)C2O)C(O)C1O)C(O)/C=C/CC/C=C/CCCCCCCCCCCC. The van der Waals surface area contributed by atoms with Crippen LogP contribution in [0.3, 0.4) is 0 Å². The Morgan fingerprint density at radius 2 is 0.787 bits per heavy atom. The van der Waals surface area contributed by atoms with E-state index in [9.17, 15) is 45.6 Å². The highest BCUT2D eigenvalue weighted by Gasteiger charge is 2.51. The van der Waals surface area contributed by atoms with Crippen molar-refractivity contribution in [1.29, 1.82) is 0 Å². The number of hydrogen-bond donors (Lipinski definition) is 9. The summed E-state index contributed by atoms with van der Waals surface area (Å²) in [6.45, 7) is 2.66. The molecule has 14 nitrogen and oxygen atoms in total. The zero-order chi connectivity index (χ0) is 64.5. The maximum atomic E-state index is 13.3. The normalized spacial score (nSPS) is 23.8. The molecule has 2 saturated heterocycles. The minimum Gasteiger partial charge on any atom is -0.394 e. The van der Waals surface area contributed by atoms with Gasteiger partial charge in [0.05, 0.1) is 32.0 Å². The van der Waals surface area contributed by atoms with E-state index in [1.54, 1.807) is 6.08 Å². The van der Waals surface area contributed by atoms with Crippen molar-refractivity contribution in [3.8, 4) is 0 Å². The van der Waals surface area contributed by atoms with Crippen LogP contribution in [-0.4, -0.2) is 140 Å². The number of carbonyl (C=O) groups excluding carboxylic acids is 1. The van der Waals surface area contributed by atoms with E-state index in [1.807, 2.05) is 6.08 Å². The van der Waals surface area contributed by atoms with Crippen LogP contribution in [-0.2, 0) is 23.7 Å². The van der Waals surface area contributed by atoms with E-state index in [0.717, 1.165) is 89.9 Å². The van der Waals surface area contributed by atoms with E-state index in [2.05, 4.69) is 129 Å². The lowest BCUT2D eigenvalue weighted by Gasteiger charge is -2.46. The molecule has 0 aromatic rings. The van der Waals surface area contributed by atoms with Gasteiger partial charge in [0.1, 0.15) is 48.8 Å². The van der Waals surface area contributed by atoms with Gasteiger partial charge in [-0.05, 0) is 96.3 Å². The Hall–Kier alpha value is -3.61. The van der Waals surface area contributed by atoms with Gasteiger partial charge in [0.2, 0.25) is 5.91 Å². The molecule has 12 unspecified atom stereocenters.